The van der Waals surface area contributed by atoms with Crippen molar-refractivity contribution in [3.05, 3.63) is 29.0 Å². The van der Waals surface area contributed by atoms with Gasteiger partial charge in [0, 0.05) is 12.1 Å². The third-order valence-electron chi connectivity index (χ3n) is 2.55. The molecule has 1 atom stereocenters. The molecule has 96 valence electrons. The zero-order valence-corrected chi connectivity index (χ0v) is 10.1. The van der Waals surface area contributed by atoms with E-state index in [-0.39, 0.29) is 23.3 Å². The van der Waals surface area contributed by atoms with E-state index in [1.807, 2.05) is 0 Å². The van der Waals surface area contributed by atoms with Crippen LogP contribution >= 0.6 is 11.6 Å². The summed E-state index contributed by atoms with van der Waals surface area (Å²) in [4.78, 5) is 22.7. The molecule has 1 saturated heterocycles. The predicted molar refractivity (Wildman–Crippen MR) is 64.3 cm³/mol. The van der Waals surface area contributed by atoms with Crippen molar-refractivity contribution in [2.24, 2.45) is 0 Å². The molecule has 18 heavy (non-hydrogen) atoms. The summed E-state index contributed by atoms with van der Waals surface area (Å²) >= 11 is 5.60. The Balaban J connectivity index is 1.98. The number of halogens is 2. The Morgan fingerprint density at radius 2 is 2.28 bits per heavy atom. The molecule has 1 aliphatic rings. The van der Waals surface area contributed by atoms with E-state index >= 15 is 0 Å². The standard InChI is InChI=1S/C11H11ClFN3O2/c12-7-5-6(1-2-8(7)13)14-11(18)9-3-4-10(17)16-15-9/h1-2,5,9,15H,3-4H2,(H,14,18)(H,16,17). The zero-order valence-electron chi connectivity index (χ0n) is 9.30. The molecule has 0 bridgehead atoms. The largest absolute Gasteiger partial charge is 0.325 e. The Labute approximate surface area is 108 Å². The smallest absolute Gasteiger partial charge is 0.243 e. The number of carbonyl (C=O) groups excluding carboxylic acids is 2. The van der Waals surface area contributed by atoms with Crippen molar-refractivity contribution >= 4 is 29.1 Å². The molecule has 0 radical (unpaired) electrons. The van der Waals surface area contributed by atoms with Crippen LogP contribution in [0.2, 0.25) is 5.02 Å². The lowest BCUT2D eigenvalue weighted by Crippen LogP contribution is -2.54. The molecule has 7 heteroatoms. The van der Waals surface area contributed by atoms with E-state index in [1.165, 1.54) is 18.2 Å². The Morgan fingerprint density at radius 1 is 1.50 bits per heavy atom. The fourth-order valence-electron chi connectivity index (χ4n) is 1.58. The summed E-state index contributed by atoms with van der Waals surface area (Å²) in [6.07, 6.45) is 0.696. The van der Waals surface area contributed by atoms with Crippen LogP contribution in [0.3, 0.4) is 0 Å². The number of hydrazine groups is 1. The normalized spacial score (nSPS) is 19.2. The minimum absolute atomic E-state index is 0.0577. The fourth-order valence-corrected chi connectivity index (χ4v) is 1.76. The summed E-state index contributed by atoms with van der Waals surface area (Å²) < 4.78 is 12.9. The number of benzene rings is 1. The van der Waals surface area contributed by atoms with Crippen molar-refractivity contribution < 1.29 is 14.0 Å². The number of anilines is 1. The Hall–Kier alpha value is -1.66. The van der Waals surface area contributed by atoms with E-state index in [4.69, 9.17) is 11.6 Å². The number of rotatable bonds is 2. The molecular weight excluding hydrogens is 261 g/mol. The molecule has 0 aromatic heterocycles. The number of hydrogen-bond acceptors (Lipinski definition) is 3. The SMILES string of the molecule is O=C1CCC(C(=O)Nc2ccc(F)c(Cl)c2)NN1. The summed E-state index contributed by atoms with van der Waals surface area (Å²) in [7, 11) is 0. The highest BCUT2D eigenvalue weighted by Gasteiger charge is 2.24. The topological polar surface area (TPSA) is 70.2 Å². The van der Waals surface area contributed by atoms with Gasteiger partial charge >= 0.3 is 0 Å². The maximum Gasteiger partial charge on any atom is 0.243 e. The molecule has 2 rings (SSSR count). The monoisotopic (exact) mass is 271 g/mol. The molecule has 1 aromatic rings. The van der Waals surface area contributed by atoms with Crippen molar-refractivity contribution in [2.75, 3.05) is 5.32 Å². The van der Waals surface area contributed by atoms with Crippen LogP contribution < -0.4 is 16.2 Å². The van der Waals surface area contributed by atoms with Crippen LogP contribution in [0.25, 0.3) is 0 Å². The van der Waals surface area contributed by atoms with E-state index in [0.717, 1.165) is 0 Å². The molecule has 1 fully saturated rings. The van der Waals surface area contributed by atoms with E-state index in [2.05, 4.69) is 16.2 Å². The van der Waals surface area contributed by atoms with Gasteiger partial charge in [0.05, 0.1) is 5.02 Å². The molecule has 1 unspecified atom stereocenters. The third-order valence-corrected chi connectivity index (χ3v) is 2.84. The van der Waals surface area contributed by atoms with Gasteiger partial charge in [-0.05, 0) is 24.6 Å². The Morgan fingerprint density at radius 3 is 2.89 bits per heavy atom. The number of amides is 2. The zero-order chi connectivity index (χ0) is 13.1. The summed E-state index contributed by atoms with van der Waals surface area (Å²) in [5.41, 5.74) is 5.39. The van der Waals surface area contributed by atoms with Crippen LogP contribution in [-0.4, -0.2) is 17.9 Å². The van der Waals surface area contributed by atoms with E-state index in [0.29, 0.717) is 12.1 Å². The Kier molecular flexibility index (Phi) is 3.78. The van der Waals surface area contributed by atoms with Gasteiger partial charge in [-0.1, -0.05) is 11.6 Å². The highest BCUT2D eigenvalue weighted by molar-refractivity contribution is 6.31. The van der Waals surface area contributed by atoms with Crippen molar-refractivity contribution in [3.63, 3.8) is 0 Å². The van der Waals surface area contributed by atoms with E-state index < -0.39 is 11.9 Å². The average molecular weight is 272 g/mol. The quantitative estimate of drug-likeness (QED) is 0.757. The van der Waals surface area contributed by atoms with Crippen molar-refractivity contribution in [1.82, 2.24) is 10.9 Å². The first-order valence-corrected chi connectivity index (χ1v) is 5.74. The van der Waals surface area contributed by atoms with Gasteiger partial charge in [0.15, 0.2) is 0 Å². The molecule has 0 spiro atoms. The number of hydrogen-bond donors (Lipinski definition) is 3. The van der Waals surface area contributed by atoms with Crippen LogP contribution in [0, 0.1) is 5.82 Å². The third kappa shape index (κ3) is 2.96. The molecule has 0 aliphatic carbocycles. The van der Waals surface area contributed by atoms with Gasteiger partial charge in [-0.2, -0.15) is 0 Å². The first kappa shape index (κ1) is 12.8. The van der Waals surface area contributed by atoms with Crippen LogP contribution in [0.1, 0.15) is 12.8 Å². The molecule has 1 heterocycles. The summed E-state index contributed by atoms with van der Waals surface area (Å²) in [6.45, 7) is 0. The van der Waals surface area contributed by atoms with Crippen LogP contribution in [0.15, 0.2) is 18.2 Å². The first-order chi connectivity index (χ1) is 8.56. The minimum atomic E-state index is -0.544. The molecule has 0 saturated carbocycles. The first-order valence-electron chi connectivity index (χ1n) is 5.36. The van der Waals surface area contributed by atoms with Gasteiger partial charge in [0.2, 0.25) is 11.8 Å². The van der Waals surface area contributed by atoms with E-state index in [1.54, 1.807) is 0 Å². The molecule has 3 N–H and O–H groups in total. The maximum atomic E-state index is 12.9. The molecule has 5 nitrogen and oxygen atoms in total. The number of nitrogens with one attached hydrogen (secondary N) is 3. The van der Waals surface area contributed by atoms with Gasteiger partial charge in [-0.15, -0.1) is 0 Å². The van der Waals surface area contributed by atoms with Gasteiger partial charge in [0.25, 0.3) is 0 Å². The van der Waals surface area contributed by atoms with Crippen LogP contribution in [0.4, 0.5) is 10.1 Å². The fraction of sp³-hybridized carbons (Fsp3) is 0.273. The average Bonchev–Trinajstić information content (AvgIpc) is 2.34. The lowest BCUT2D eigenvalue weighted by molar-refractivity contribution is -0.126. The van der Waals surface area contributed by atoms with Gasteiger partial charge < -0.3 is 5.32 Å². The van der Waals surface area contributed by atoms with Crippen molar-refractivity contribution in [3.8, 4) is 0 Å². The second-order valence-electron chi connectivity index (χ2n) is 3.90. The van der Waals surface area contributed by atoms with Crippen molar-refractivity contribution in [1.29, 1.82) is 0 Å². The predicted octanol–water partition coefficient (Wildman–Crippen LogP) is 1.20. The molecular formula is C11H11ClFN3O2. The summed E-state index contributed by atoms with van der Waals surface area (Å²) in [6, 6.07) is 3.41. The molecule has 1 aliphatic heterocycles. The number of carbonyl (C=O) groups is 2. The second kappa shape index (κ2) is 5.32. The summed E-state index contributed by atoms with van der Waals surface area (Å²) in [5.74, 6) is -1.00. The van der Waals surface area contributed by atoms with Crippen LogP contribution in [-0.2, 0) is 9.59 Å². The Bertz CT molecular complexity index is 485. The highest BCUT2D eigenvalue weighted by Crippen LogP contribution is 2.19. The van der Waals surface area contributed by atoms with Crippen molar-refractivity contribution in [2.45, 2.75) is 18.9 Å². The maximum absolute atomic E-state index is 12.9. The molecule has 2 amide bonds. The van der Waals surface area contributed by atoms with Gasteiger partial charge in [-0.3, -0.25) is 15.0 Å². The molecule has 1 aromatic carbocycles. The van der Waals surface area contributed by atoms with Gasteiger partial charge in [0.1, 0.15) is 11.9 Å². The van der Waals surface area contributed by atoms with Gasteiger partial charge in [-0.25, -0.2) is 9.82 Å². The lowest BCUT2D eigenvalue weighted by atomic mass is 10.1. The highest BCUT2D eigenvalue weighted by atomic mass is 35.5. The summed E-state index contributed by atoms with van der Waals surface area (Å²) in [5, 5.41) is 2.53. The van der Waals surface area contributed by atoms with E-state index in [9.17, 15) is 14.0 Å². The lowest BCUT2D eigenvalue weighted by Gasteiger charge is -2.22. The minimum Gasteiger partial charge on any atom is -0.325 e. The van der Waals surface area contributed by atoms with Crippen LogP contribution in [0.5, 0.6) is 0 Å². The second-order valence-corrected chi connectivity index (χ2v) is 4.31.